The summed E-state index contributed by atoms with van der Waals surface area (Å²) in [6.45, 7) is 0. The van der Waals surface area contributed by atoms with Crippen LogP contribution in [0.5, 0.6) is 23.0 Å². The van der Waals surface area contributed by atoms with Crippen LogP contribution in [-0.4, -0.2) is 32.0 Å². The van der Waals surface area contributed by atoms with E-state index in [0.717, 1.165) is 22.3 Å². The Hall–Kier alpha value is -4.58. The van der Waals surface area contributed by atoms with Crippen LogP contribution in [0, 0.1) is 0 Å². The van der Waals surface area contributed by atoms with Crippen molar-refractivity contribution < 1.29 is 30.0 Å². The molecule has 2 aliphatic rings. The number of carbonyl (C=O) groups excluding carboxylic acids is 2. The van der Waals surface area contributed by atoms with E-state index < -0.39 is 0 Å². The fourth-order valence-electron chi connectivity index (χ4n) is 4.64. The van der Waals surface area contributed by atoms with Gasteiger partial charge in [0.15, 0.2) is 0 Å². The summed E-state index contributed by atoms with van der Waals surface area (Å²) in [5, 5.41) is 39.0. The minimum Gasteiger partial charge on any atom is -0.507 e. The van der Waals surface area contributed by atoms with E-state index >= 15 is 0 Å². The maximum absolute atomic E-state index is 12.2. The van der Waals surface area contributed by atoms with Crippen molar-refractivity contribution >= 4 is 11.6 Å². The molecule has 0 amide bonds. The molecule has 2 aliphatic carbocycles. The molecule has 0 aliphatic heterocycles. The summed E-state index contributed by atoms with van der Waals surface area (Å²) < 4.78 is 0. The van der Waals surface area contributed by atoms with Gasteiger partial charge in [0.25, 0.3) is 0 Å². The molecule has 168 valence electrons. The van der Waals surface area contributed by atoms with Gasteiger partial charge in [-0.25, -0.2) is 0 Å². The minimum absolute atomic E-state index is 0.0265. The van der Waals surface area contributed by atoms with E-state index in [2.05, 4.69) is 0 Å². The predicted octanol–water partition coefficient (Wildman–Crippen LogP) is 4.47. The van der Waals surface area contributed by atoms with Crippen LogP contribution in [0.25, 0.3) is 0 Å². The van der Waals surface area contributed by atoms with E-state index in [4.69, 9.17) is 0 Å². The molecule has 6 heteroatoms. The number of phenols is 4. The van der Waals surface area contributed by atoms with Crippen molar-refractivity contribution in [3.8, 4) is 23.0 Å². The monoisotopic (exact) mass is 452 g/mol. The first-order chi connectivity index (χ1) is 16.4. The number of benzene rings is 4. The van der Waals surface area contributed by atoms with Crippen molar-refractivity contribution in [2.45, 2.75) is 12.8 Å². The molecule has 0 saturated heterocycles. The Balaban J connectivity index is 0.000000142. The van der Waals surface area contributed by atoms with Crippen molar-refractivity contribution in [3.05, 3.63) is 117 Å². The first-order valence-electron chi connectivity index (χ1n) is 10.7. The third kappa shape index (κ3) is 3.36. The minimum atomic E-state index is -0.308. The first-order valence-corrected chi connectivity index (χ1v) is 10.7. The van der Waals surface area contributed by atoms with Gasteiger partial charge in [-0.3, -0.25) is 9.59 Å². The van der Waals surface area contributed by atoms with E-state index in [1.165, 1.54) is 24.3 Å². The summed E-state index contributed by atoms with van der Waals surface area (Å²) in [4.78, 5) is 24.5. The standard InChI is InChI=1S/2C14H10O3/c2*15-10-5-1-3-8-7-9-4-2-6-11(16)13(9)14(17)12(8)10/h2*1-6,15-16H,7H2. The molecule has 0 heterocycles. The Kier molecular flexibility index (Phi) is 5.06. The lowest BCUT2D eigenvalue weighted by molar-refractivity contribution is 0.102. The topological polar surface area (TPSA) is 115 Å². The molecule has 0 atom stereocenters. The molecule has 4 aromatic carbocycles. The second kappa shape index (κ2) is 8.08. The molecule has 4 aromatic rings. The van der Waals surface area contributed by atoms with E-state index in [-0.39, 0.29) is 34.6 Å². The summed E-state index contributed by atoms with van der Waals surface area (Å²) >= 11 is 0. The van der Waals surface area contributed by atoms with Crippen LogP contribution in [0.15, 0.2) is 72.8 Å². The summed E-state index contributed by atoms with van der Waals surface area (Å²) in [5.74, 6) is -0.722. The predicted molar refractivity (Wildman–Crippen MR) is 125 cm³/mol. The van der Waals surface area contributed by atoms with Gasteiger partial charge in [0, 0.05) is 0 Å². The van der Waals surface area contributed by atoms with Gasteiger partial charge in [-0.15, -0.1) is 0 Å². The summed E-state index contributed by atoms with van der Waals surface area (Å²) in [6, 6.07) is 20.1. The molecule has 0 bridgehead atoms. The molecule has 4 N–H and O–H groups in total. The number of fused-ring (bicyclic) bond motifs is 4. The maximum atomic E-state index is 12.2. The van der Waals surface area contributed by atoms with Gasteiger partial charge < -0.3 is 20.4 Å². The lowest BCUT2D eigenvalue weighted by Gasteiger charge is -2.19. The quantitative estimate of drug-likeness (QED) is 0.270. The van der Waals surface area contributed by atoms with E-state index in [1.54, 1.807) is 24.3 Å². The lowest BCUT2D eigenvalue weighted by atomic mass is 9.84. The summed E-state index contributed by atoms with van der Waals surface area (Å²) in [5.41, 5.74) is 4.42. The Morgan fingerprint density at radius 2 is 0.647 bits per heavy atom. The first kappa shape index (κ1) is 21.3. The molecule has 0 unspecified atom stereocenters. The Bertz CT molecular complexity index is 1260. The normalized spacial score (nSPS) is 13.1. The fourth-order valence-corrected chi connectivity index (χ4v) is 4.64. The zero-order valence-electron chi connectivity index (χ0n) is 17.9. The van der Waals surface area contributed by atoms with Gasteiger partial charge in [0.2, 0.25) is 11.6 Å². The molecule has 6 nitrogen and oxygen atoms in total. The average molecular weight is 452 g/mol. The number of aromatic hydroxyl groups is 4. The van der Waals surface area contributed by atoms with E-state index in [0.29, 0.717) is 35.1 Å². The lowest BCUT2D eigenvalue weighted by Crippen LogP contribution is -2.15. The van der Waals surface area contributed by atoms with Crippen molar-refractivity contribution in [1.82, 2.24) is 0 Å². The molecular formula is C28H20O6. The Morgan fingerprint density at radius 1 is 0.412 bits per heavy atom. The maximum Gasteiger partial charge on any atom is 0.201 e. The van der Waals surface area contributed by atoms with E-state index in [9.17, 15) is 30.0 Å². The highest BCUT2D eigenvalue weighted by atomic mass is 16.3. The number of carbonyl (C=O) groups is 2. The van der Waals surface area contributed by atoms with Crippen LogP contribution in [0.3, 0.4) is 0 Å². The zero-order valence-corrected chi connectivity index (χ0v) is 17.9. The van der Waals surface area contributed by atoms with Crippen LogP contribution in [0.4, 0.5) is 0 Å². The van der Waals surface area contributed by atoms with Crippen molar-refractivity contribution in [2.75, 3.05) is 0 Å². The SMILES string of the molecule is O=C1c2c(O)cccc2Cc2cccc(O)c21.O=C1c2c(O)cccc2Cc2cccc(O)c21. The molecule has 0 aromatic heterocycles. The van der Waals surface area contributed by atoms with Gasteiger partial charge in [0.05, 0.1) is 22.3 Å². The van der Waals surface area contributed by atoms with E-state index in [1.807, 2.05) is 24.3 Å². The molecule has 0 fully saturated rings. The molecular weight excluding hydrogens is 432 g/mol. The van der Waals surface area contributed by atoms with Gasteiger partial charge in [-0.2, -0.15) is 0 Å². The number of phenolic OH excluding ortho intramolecular Hbond substituents is 4. The number of hydrogen-bond acceptors (Lipinski definition) is 6. The van der Waals surface area contributed by atoms with Crippen molar-refractivity contribution in [2.24, 2.45) is 0 Å². The molecule has 0 radical (unpaired) electrons. The smallest absolute Gasteiger partial charge is 0.201 e. The molecule has 0 spiro atoms. The highest BCUT2D eigenvalue weighted by molar-refractivity contribution is 6.16. The second-order valence-corrected chi connectivity index (χ2v) is 8.26. The Morgan fingerprint density at radius 3 is 0.882 bits per heavy atom. The van der Waals surface area contributed by atoms with Crippen LogP contribution >= 0.6 is 0 Å². The summed E-state index contributed by atoms with van der Waals surface area (Å²) in [6.07, 6.45) is 1.11. The molecule has 0 saturated carbocycles. The van der Waals surface area contributed by atoms with Crippen molar-refractivity contribution in [1.29, 1.82) is 0 Å². The highest BCUT2D eigenvalue weighted by Crippen LogP contribution is 2.37. The van der Waals surface area contributed by atoms with Gasteiger partial charge >= 0.3 is 0 Å². The van der Waals surface area contributed by atoms with Gasteiger partial charge in [0.1, 0.15) is 23.0 Å². The van der Waals surface area contributed by atoms with Crippen LogP contribution < -0.4 is 0 Å². The second-order valence-electron chi connectivity index (χ2n) is 8.26. The van der Waals surface area contributed by atoms with Crippen LogP contribution in [0.2, 0.25) is 0 Å². The fraction of sp³-hybridized carbons (Fsp3) is 0.0714. The third-order valence-electron chi connectivity index (χ3n) is 6.19. The van der Waals surface area contributed by atoms with Crippen molar-refractivity contribution in [3.63, 3.8) is 0 Å². The largest absolute Gasteiger partial charge is 0.507 e. The summed E-state index contributed by atoms with van der Waals surface area (Å²) in [7, 11) is 0. The van der Waals surface area contributed by atoms with Gasteiger partial charge in [-0.1, -0.05) is 48.5 Å². The Labute approximate surface area is 195 Å². The third-order valence-corrected chi connectivity index (χ3v) is 6.19. The average Bonchev–Trinajstić information content (AvgIpc) is 2.79. The number of rotatable bonds is 0. The molecule has 6 rings (SSSR count). The molecule has 34 heavy (non-hydrogen) atoms. The zero-order chi connectivity index (χ0) is 24.0. The van der Waals surface area contributed by atoms with Gasteiger partial charge in [-0.05, 0) is 59.4 Å². The highest BCUT2D eigenvalue weighted by Gasteiger charge is 2.29. The van der Waals surface area contributed by atoms with Crippen LogP contribution in [-0.2, 0) is 12.8 Å². The number of hydrogen-bond donors (Lipinski definition) is 4. The van der Waals surface area contributed by atoms with Crippen LogP contribution in [0.1, 0.15) is 54.1 Å². The number of ketones is 2.